The molecule has 0 saturated heterocycles. The van der Waals surface area contributed by atoms with Crippen LogP contribution in [0.15, 0.2) is 42.5 Å². The molecule has 0 aliphatic carbocycles. The van der Waals surface area contributed by atoms with Gasteiger partial charge in [0, 0.05) is 6.42 Å². The van der Waals surface area contributed by atoms with Gasteiger partial charge >= 0.3 is 0 Å². The van der Waals surface area contributed by atoms with E-state index in [1.54, 1.807) is 12.1 Å². The molecule has 0 bridgehead atoms. The molecule has 0 radical (unpaired) electrons. The van der Waals surface area contributed by atoms with E-state index in [0.29, 0.717) is 0 Å². The van der Waals surface area contributed by atoms with Crippen molar-refractivity contribution < 1.29 is 9.13 Å². The van der Waals surface area contributed by atoms with Crippen LogP contribution in [0.2, 0.25) is 0 Å². The van der Waals surface area contributed by atoms with Crippen molar-refractivity contribution >= 4 is 0 Å². The molecule has 2 N–H and O–H groups in total. The SMILES string of the molecule is CC1(C)Cc2cc(C(N)c3ccc(F)cc3)ccc2O1. The van der Waals surface area contributed by atoms with Crippen molar-refractivity contribution in [2.75, 3.05) is 0 Å². The Morgan fingerprint density at radius 2 is 1.75 bits per heavy atom. The predicted octanol–water partition coefficient (Wildman–Crippen LogP) is 3.59. The number of ether oxygens (including phenoxy) is 1. The zero-order valence-electron chi connectivity index (χ0n) is 11.7. The lowest BCUT2D eigenvalue weighted by Crippen LogP contribution is -2.24. The monoisotopic (exact) mass is 271 g/mol. The van der Waals surface area contributed by atoms with E-state index >= 15 is 0 Å². The second kappa shape index (κ2) is 4.60. The van der Waals surface area contributed by atoms with Crippen LogP contribution in [-0.4, -0.2) is 5.60 Å². The van der Waals surface area contributed by atoms with E-state index in [1.807, 2.05) is 12.1 Å². The summed E-state index contributed by atoms with van der Waals surface area (Å²) in [5.41, 5.74) is 9.23. The molecule has 0 aromatic heterocycles. The topological polar surface area (TPSA) is 35.2 Å². The molecular formula is C17H18FNO. The average Bonchev–Trinajstić information content (AvgIpc) is 2.71. The Morgan fingerprint density at radius 1 is 1.10 bits per heavy atom. The van der Waals surface area contributed by atoms with Crippen LogP contribution in [0.25, 0.3) is 0 Å². The van der Waals surface area contributed by atoms with Crippen molar-refractivity contribution in [2.24, 2.45) is 5.73 Å². The molecule has 0 spiro atoms. The first-order chi connectivity index (χ1) is 9.44. The van der Waals surface area contributed by atoms with Gasteiger partial charge in [0.05, 0.1) is 6.04 Å². The third-order valence-corrected chi connectivity index (χ3v) is 3.68. The second-order valence-electron chi connectivity index (χ2n) is 5.93. The minimum Gasteiger partial charge on any atom is -0.487 e. The maximum absolute atomic E-state index is 13.0. The molecule has 0 saturated carbocycles. The lowest BCUT2D eigenvalue weighted by Gasteiger charge is -2.16. The Labute approximate surface area is 118 Å². The summed E-state index contributed by atoms with van der Waals surface area (Å²) in [6.45, 7) is 4.15. The van der Waals surface area contributed by atoms with Gasteiger partial charge in [-0.1, -0.05) is 24.3 Å². The van der Waals surface area contributed by atoms with Crippen LogP contribution in [0, 0.1) is 5.82 Å². The van der Waals surface area contributed by atoms with Crippen LogP contribution in [0.5, 0.6) is 5.75 Å². The van der Waals surface area contributed by atoms with E-state index in [0.717, 1.165) is 23.3 Å². The van der Waals surface area contributed by atoms with E-state index in [2.05, 4.69) is 19.9 Å². The average molecular weight is 271 g/mol. The summed E-state index contributed by atoms with van der Waals surface area (Å²) >= 11 is 0. The van der Waals surface area contributed by atoms with Crippen LogP contribution in [0.4, 0.5) is 4.39 Å². The number of fused-ring (bicyclic) bond motifs is 1. The molecule has 2 nitrogen and oxygen atoms in total. The van der Waals surface area contributed by atoms with Crippen LogP contribution < -0.4 is 10.5 Å². The van der Waals surface area contributed by atoms with Crippen LogP contribution in [0.1, 0.15) is 36.6 Å². The fraction of sp³-hybridized carbons (Fsp3) is 0.294. The Hall–Kier alpha value is -1.87. The third kappa shape index (κ3) is 2.41. The van der Waals surface area contributed by atoms with Crippen molar-refractivity contribution in [2.45, 2.75) is 31.9 Å². The van der Waals surface area contributed by atoms with Crippen molar-refractivity contribution in [1.82, 2.24) is 0 Å². The zero-order valence-corrected chi connectivity index (χ0v) is 11.7. The lowest BCUT2D eigenvalue weighted by atomic mass is 9.95. The molecule has 2 aromatic carbocycles. The first-order valence-corrected chi connectivity index (χ1v) is 6.77. The summed E-state index contributed by atoms with van der Waals surface area (Å²) in [5, 5.41) is 0. The maximum Gasteiger partial charge on any atom is 0.123 e. The summed E-state index contributed by atoms with van der Waals surface area (Å²) in [7, 11) is 0. The van der Waals surface area contributed by atoms with E-state index < -0.39 is 0 Å². The molecule has 3 rings (SSSR count). The van der Waals surface area contributed by atoms with Gasteiger partial charge < -0.3 is 10.5 Å². The van der Waals surface area contributed by atoms with E-state index in [9.17, 15) is 4.39 Å². The number of nitrogens with two attached hydrogens (primary N) is 1. The standard InChI is InChI=1S/C17H18FNO/c1-17(2)10-13-9-12(5-8-15(13)20-17)16(19)11-3-6-14(18)7-4-11/h3-9,16H,10,19H2,1-2H3. The Balaban J connectivity index is 1.90. The van der Waals surface area contributed by atoms with Gasteiger partial charge in [-0.15, -0.1) is 0 Å². The molecule has 1 unspecified atom stereocenters. The lowest BCUT2D eigenvalue weighted by molar-refractivity contribution is 0.138. The van der Waals surface area contributed by atoms with E-state index in [-0.39, 0.29) is 17.5 Å². The number of halogens is 1. The minimum absolute atomic E-state index is 0.152. The molecule has 1 aliphatic rings. The summed E-state index contributed by atoms with van der Waals surface area (Å²) in [5.74, 6) is 0.690. The van der Waals surface area contributed by atoms with Crippen molar-refractivity contribution in [3.8, 4) is 5.75 Å². The molecule has 0 fully saturated rings. The highest BCUT2D eigenvalue weighted by Gasteiger charge is 2.30. The maximum atomic E-state index is 13.0. The molecule has 1 aliphatic heterocycles. The highest BCUT2D eigenvalue weighted by Crippen LogP contribution is 2.36. The smallest absolute Gasteiger partial charge is 0.123 e. The first-order valence-electron chi connectivity index (χ1n) is 6.77. The molecule has 3 heteroatoms. The Bertz CT molecular complexity index is 634. The number of rotatable bonds is 2. The Kier molecular flexibility index (Phi) is 3.02. The van der Waals surface area contributed by atoms with Gasteiger partial charge in [-0.3, -0.25) is 0 Å². The third-order valence-electron chi connectivity index (χ3n) is 3.68. The van der Waals surface area contributed by atoms with Gasteiger partial charge in [-0.05, 0) is 48.7 Å². The normalized spacial score (nSPS) is 17.4. The van der Waals surface area contributed by atoms with Crippen LogP contribution in [0.3, 0.4) is 0 Å². The molecule has 1 atom stereocenters. The summed E-state index contributed by atoms with van der Waals surface area (Å²) in [4.78, 5) is 0. The van der Waals surface area contributed by atoms with E-state index in [4.69, 9.17) is 10.5 Å². The fourth-order valence-corrected chi connectivity index (χ4v) is 2.69. The number of benzene rings is 2. The summed E-state index contributed by atoms with van der Waals surface area (Å²) in [6.07, 6.45) is 0.881. The molecular weight excluding hydrogens is 253 g/mol. The Morgan fingerprint density at radius 3 is 2.45 bits per heavy atom. The largest absolute Gasteiger partial charge is 0.487 e. The van der Waals surface area contributed by atoms with Gasteiger partial charge in [0.15, 0.2) is 0 Å². The summed E-state index contributed by atoms with van der Waals surface area (Å²) in [6, 6.07) is 12.1. The van der Waals surface area contributed by atoms with Gasteiger partial charge in [0.2, 0.25) is 0 Å². The quantitative estimate of drug-likeness (QED) is 0.906. The van der Waals surface area contributed by atoms with Crippen molar-refractivity contribution in [3.05, 3.63) is 65.0 Å². The van der Waals surface area contributed by atoms with Crippen LogP contribution in [-0.2, 0) is 6.42 Å². The minimum atomic E-state index is -0.246. The highest BCUT2D eigenvalue weighted by atomic mass is 19.1. The second-order valence-corrected chi connectivity index (χ2v) is 5.93. The van der Waals surface area contributed by atoms with Crippen molar-refractivity contribution in [3.63, 3.8) is 0 Å². The number of hydrogen-bond donors (Lipinski definition) is 1. The zero-order chi connectivity index (χ0) is 14.3. The van der Waals surface area contributed by atoms with E-state index in [1.165, 1.54) is 17.7 Å². The molecule has 1 heterocycles. The highest BCUT2D eigenvalue weighted by molar-refractivity contribution is 5.44. The van der Waals surface area contributed by atoms with Crippen molar-refractivity contribution in [1.29, 1.82) is 0 Å². The number of hydrogen-bond acceptors (Lipinski definition) is 2. The van der Waals surface area contributed by atoms with Gasteiger partial charge in [-0.25, -0.2) is 4.39 Å². The molecule has 104 valence electrons. The molecule has 2 aromatic rings. The van der Waals surface area contributed by atoms with Gasteiger partial charge in [0.25, 0.3) is 0 Å². The van der Waals surface area contributed by atoms with Gasteiger partial charge in [0.1, 0.15) is 17.2 Å². The molecule has 0 amide bonds. The molecule has 20 heavy (non-hydrogen) atoms. The predicted molar refractivity (Wildman–Crippen MR) is 77.3 cm³/mol. The fourth-order valence-electron chi connectivity index (χ4n) is 2.69. The van der Waals surface area contributed by atoms with Gasteiger partial charge in [-0.2, -0.15) is 0 Å². The summed E-state index contributed by atoms with van der Waals surface area (Å²) < 4.78 is 18.8. The first kappa shape index (κ1) is 13.1. The van der Waals surface area contributed by atoms with Crippen LogP contribution >= 0.6 is 0 Å².